The molecule has 0 atom stereocenters. The Labute approximate surface area is 97.7 Å². The number of hydrogen-bond donors (Lipinski definition) is 0. The molecular weight excluding hydrogens is 464 g/mol. The van der Waals surface area contributed by atoms with Crippen LogP contribution in [-0.4, -0.2) is 0 Å². The molecule has 0 unspecified atom stereocenters. The van der Waals surface area contributed by atoms with E-state index < -0.39 is 27.2 Å². The second-order valence-electron chi connectivity index (χ2n) is 0.816. The van der Waals surface area contributed by atoms with Gasteiger partial charge in [-0.15, -0.1) is 0 Å². The van der Waals surface area contributed by atoms with E-state index in [0.717, 1.165) is 0 Å². The van der Waals surface area contributed by atoms with E-state index in [1.807, 2.05) is 0 Å². The first-order valence-electron chi connectivity index (χ1n) is 1.33. The molecule has 8 nitrogen and oxygen atoms in total. The zero-order valence-electron chi connectivity index (χ0n) is 4.58. The van der Waals surface area contributed by atoms with E-state index >= 15 is 0 Å². The van der Waals surface area contributed by atoms with Gasteiger partial charge in [-0.1, -0.05) is 0 Å². The van der Waals surface area contributed by atoms with Gasteiger partial charge in [0, 0.05) is 0 Å². The van der Waals surface area contributed by atoms with Gasteiger partial charge in [-0.2, -0.15) is 0 Å². The van der Waals surface area contributed by atoms with Gasteiger partial charge in [0.2, 0.25) is 0 Å². The molecule has 0 aliphatic rings. The molecule has 0 aromatic rings. The van der Waals surface area contributed by atoms with Crippen molar-refractivity contribution in [1.29, 1.82) is 0 Å². The molecule has 0 rings (SSSR count). The van der Waals surface area contributed by atoms with Crippen LogP contribution in [0.25, 0.3) is 0 Å². The smallest absolute Gasteiger partial charge is 4.00 e. The second-order valence-corrected chi connectivity index (χ2v) is 3.37. The predicted octanol–water partition coefficient (Wildman–Crippen LogP) is -5.24. The Morgan fingerprint density at radius 3 is 0.636 bits per heavy atom. The summed E-state index contributed by atoms with van der Waals surface area (Å²) in [5.41, 5.74) is 0. The van der Waals surface area contributed by atoms with Crippen LogP contribution in [0.4, 0.5) is 0 Å². The molecule has 0 amide bonds. The molecule has 11 heteroatoms. The van der Waals surface area contributed by atoms with Gasteiger partial charge in [-0.25, -0.2) is 0 Å². The third-order valence-electron chi connectivity index (χ3n) is 0. The largest absolute Gasteiger partial charge is 4.00 e. The summed E-state index contributed by atoms with van der Waals surface area (Å²) in [6.07, 6.45) is 0. The third kappa shape index (κ3) is 497. The maximum Gasteiger partial charge on any atom is 4.00 e. The van der Waals surface area contributed by atoms with Gasteiger partial charge in [0.25, 0.3) is 0 Å². The van der Waals surface area contributed by atoms with Crippen molar-refractivity contribution in [2.45, 2.75) is 0 Å². The van der Waals surface area contributed by atoms with Crippen molar-refractivity contribution in [2.75, 3.05) is 0 Å². The van der Waals surface area contributed by atoms with Crippen LogP contribution in [0.15, 0.2) is 0 Å². The Morgan fingerprint density at radius 1 is 0.636 bits per heavy atom. The zero-order chi connectivity index (χ0) is 9.00. The van der Waals surface area contributed by atoms with Crippen LogP contribution in [-0.2, 0) is 42.4 Å². The first-order chi connectivity index (χ1) is 4.00. The summed E-state index contributed by atoms with van der Waals surface area (Å²) >= 11 is -11.5. The van der Waals surface area contributed by atoms with Crippen LogP contribution in [0, 0.1) is 39.9 Å². The number of hydrogen-bond acceptors (Lipinski definition) is 8. The summed E-state index contributed by atoms with van der Waals surface area (Å²) in [5.74, 6) is 0. The molecule has 11 heavy (non-hydrogen) atoms. The molecular formula is Cr2O8Th. The maximum atomic E-state index is 8.59. The minimum atomic E-state index is -5.75. The molecule has 0 spiro atoms. The summed E-state index contributed by atoms with van der Waals surface area (Å²) in [6.45, 7) is 0. The molecule has 0 aromatic heterocycles. The monoisotopic (exact) mass is 464 g/mol. The van der Waals surface area contributed by atoms with E-state index in [9.17, 15) is 0 Å². The van der Waals surface area contributed by atoms with Crippen molar-refractivity contribution >= 4 is 0 Å². The average Bonchev–Trinajstić information content (AvgIpc) is 1.12. The summed E-state index contributed by atoms with van der Waals surface area (Å²) in [6, 6.07) is 0. The Bertz CT molecular complexity index is 208. The Kier molecular flexibility index (Phi) is 11.4. The summed E-state index contributed by atoms with van der Waals surface area (Å²) in [4.78, 5) is 0. The Balaban J connectivity index is -0.000000107. The zero-order valence-corrected chi connectivity index (χ0v) is 11.2. The molecule has 0 heterocycles. The van der Waals surface area contributed by atoms with Crippen molar-refractivity contribution in [3.63, 3.8) is 0 Å². The van der Waals surface area contributed by atoms with Crippen molar-refractivity contribution < 1.29 is 99.0 Å². The second kappa shape index (κ2) is 6.89. The van der Waals surface area contributed by atoms with E-state index in [-0.39, 0.29) is 39.9 Å². The number of rotatable bonds is 0. The van der Waals surface area contributed by atoms with Gasteiger partial charge in [0.05, 0.1) is 0 Å². The minimum absolute atomic E-state index is 0. The summed E-state index contributed by atoms with van der Waals surface area (Å²) in [7, 11) is 0. The predicted molar refractivity (Wildman–Crippen MR) is 2.75 cm³/mol. The van der Waals surface area contributed by atoms with Gasteiger partial charge >= 0.3 is 99.0 Å². The Morgan fingerprint density at radius 2 is 0.636 bits per heavy atom. The minimum Gasteiger partial charge on any atom is 4.00 e. The van der Waals surface area contributed by atoms with Crippen LogP contribution in [0.3, 0.4) is 0 Å². The van der Waals surface area contributed by atoms with Crippen molar-refractivity contribution in [1.82, 2.24) is 0 Å². The molecule has 0 aromatic carbocycles. The van der Waals surface area contributed by atoms with E-state index in [4.69, 9.17) is 31.8 Å². The SMILES string of the molecule is [O]=[Cr](=[O])([O-])[O-].[O]=[Cr](=[O])([O-])[O-].[Th+4]. The van der Waals surface area contributed by atoms with Gasteiger partial charge < -0.3 is 0 Å². The normalized spacial score (nSPS) is 10.5. The molecule has 0 N–H and O–H groups in total. The van der Waals surface area contributed by atoms with Crippen LogP contribution in [0.1, 0.15) is 0 Å². The van der Waals surface area contributed by atoms with E-state index in [0.29, 0.717) is 0 Å². The van der Waals surface area contributed by atoms with Crippen LogP contribution in [0.2, 0.25) is 0 Å². The molecule has 64 valence electrons. The van der Waals surface area contributed by atoms with Crippen molar-refractivity contribution in [2.24, 2.45) is 0 Å². The summed E-state index contributed by atoms with van der Waals surface area (Å²) in [5, 5.41) is 0. The standard InChI is InChI=1S/2Cr.8O.Th/q;;;;;;4*-1;+4. The van der Waals surface area contributed by atoms with Gasteiger partial charge in [0.1, 0.15) is 0 Å². The molecule has 0 saturated heterocycles. The first kappa shape index (κ1) is 18.3. The molecule has 0 bridgehead atoms. The van der Waals surface area contributed by atoms with Crippen LogP contribution < -0.4 is 16.6 Å². The molecule has 0 saturated carbocycles. The van der Waals surface area contributed by atoms with Crippen LogP contribution >= 0.6 is 0 Å². The average molecular weight is 464 g/mol. The maximum absolute atomic E-state index is 8.59. The van der Waals surface area contributed by atoms with Gasteiger partial charge in [-0.05, 0) is 0 Å². The van der Waals surface area contributed by atoms with Crippen LogP contribution in [0.5, 0.6) is 0 Å². The first-order valence-corrected chi connectivity index (χ1v) is 5.50. The molecule has 0 fully saturated rings. The molecule has 0 radical (unpaired) electrons. The fourth-order valence-corrected chi connectivity index (χ4v) is 0. The fraction of sp³-hybridized carbons (Fsp3) is 0. The molecule has 0 aliphatic heterocycles. The van der Waals surface area contributed by atoms with E-state index in [2.05, 4.69) is 0 Å². The topological polar surface area (TPSA) is 161 Å². The van der Waals surface area contributed by atoms with E-state index in [1.54, 1.807) is 0 Å². The Hall–Kier alpha value is 1.43. The molecule has 0 aliphatic carbocycles. The van der Waals surface area contributed by atoms with Crippen molar-refractivity contribution in [3.8, 4) is 0 Å². The van der Waals surface area contributed by atoms with E-state index in [1.165, 1.54) is 0 Å². The fourth-order valence-electron chi connectivity index (χ4n) is 0. The third-order valence-corrected chi connectivity index (χ3v) is 0. The van der Waals surface area contributed by atoms with Gasteiger partial charge in [0.15, 0.2) is 0 Å². The quantitative estimate of drug-likeness (QED) is 0.344. The van der Waals surface area contributed by atoms with Crippen molar-refractivity contribution in [3.05, 3.63) is 0 Å². The summed E-state index contributed by atoms with van der Waals surface area (Å²) < 4.78 is 68.8. The van der Waals surface area contributed by atoms with Gasteiger partial charge in [-0.3, -0.25) is 0 Å².